The number of nitrogens with one attached hydrogen (secondary N) is 1. The second-order valence-electron chi connectivity index (χ2n) is 4.61. The summed E-state index contributed by atoms with van der Waals surface area (Å²) in [5.74, 6) is -0.176. The number of benzene rings is 2. The molecule has 0 heterocycles. The summed E-state index contributed by atoms with van der Waals surface area (Å²) >= 11 is 9.39. The topological polar surface area (TPSA) is 55.1 Å². The van der Waals surface area contributed by atoms with Crippen molar-refractivity contribution in [1.29, 1.82) is 0 Å². The van der Waals surface area contributed by atoms with E-state index in [9.17, 15) is 4.79 Å². The number of nitrogen functional groups attached to an aromatic ring is 1. The molecule has 0 saturated carbocycles. The van der Waals surface area contributed by atoms with Crippen molar-refractivity contribution in [1.82, 2.24) is 0 Å². The van der Waals surface area contributed by atoms with Crippen LogP contribution in [0, 0.1) is 13.8 Å². The molecule has 0 radical (unpaired) electrons. The van der Waals surface area contributed by atoms with E-state index in [1.54, 1.807) is 18.2 Å². The molecule has 3 nitrogen and oxygen atoms in total. The molecular weight excluding hydrogens is 340 g/mol. The monoisotopic (exact) mass is 352 g/mol. The predicted octanol–water partition coefficient (Wildman–Crippen LogP) is 4.55. The second kappa shape index (κ2) is 5.85. The first-order chi connectivity index (χ1) is 9.38. The molecule has 0 saturated heterocycles. The molecule has 104 valence electrons. The van der Waals surface area contributed by atoms with Crippen LogP contribution < -0.4 is 11.1 Å². The van der Waals surface area contributed by atoms with Crippen molar-refractivity contribution in [3.05, 3.63) is 56.5 Å². The van der Waals surface area contributed by atoms with Gasteiger partial charge in [0.15, 0.2) is 0 Å². The van der Waals surface area contributed by atoms with Gasteiger partial charge in [0, 0.05) is 15.7 Å². The van der Waals surface area contributed by atoms with E-state index in [1.165, 1.54) is 0 Å². The van der Waals surface area contributed by atoms with Crippen molar-refractivity contribution in [2.24, 2.45) is 0 Å². The number of carbonyl (C=O) groups is 1. The highest BCUT2D eigenvalue weighted by atomic mass is 79.9. The number of hydrogen-bond acceptors (Lipinski definition) is 2. The highest BCUT2D eigenvalue weighted by molar-refractivity contribution is 9.10. The number of nitrogens with two attached hydrogens (primary N) is 1. The molecule has 2 aromatic rings. The fourth-order valence-electron chi connectivity index (χ4n) is 1.82. The Morgan fingerprint density at radius 1 is 1.20 bits per heavy atom. The van der Waals surface area contributed by atoms with Gasteiger partial charge in [-0.1, -0.05) is 27.5 Å². The van der Waals surface area contributed by atoms with Gasteiger partial charge in [0.2, 0.25) is 0 Å². The zero-order chi connectivity index (χ0) is 14.9. The van der Waals surface area contributed by atoms with E-state index in [4.69, 9.17) is 17.3 Å². The number of amides is 1. The predicted molar refractivity (Wildman–Crippen MR) is 87.4 cm³/mol. The third kappa shape index (κ3) is 3.14. The number of anilines is 2. The minimum Gasteiger partial charge on any atom is -0.398 e. The zero-order valence-electron chi connectivity index (χ0n) is 11.1. The van der Waals surface area contributed by atoms with Gasteiger partial charge in [-0.2, -0.15) is 0 Å². The number of rotatable bonds is 2. The van der Waals surface area contributed by atoms with Gasteiger partial charge in [0.1, 0.15) is 0 Å². The molecular formula is C15H14BrClN2O. The largest absolute Gasteiger partial charge is 0.398 e. The van der Waals surface area contributed by atoms with Crippen molar-refractivity contribution in [2.45, 2.75) is 13.8 Å². The Morgan fingerprint density at radius 2 is 1.90 bits per heavy atom. The summed E-state index contributed by atoms with van der Waals surface area (Å²) in [5, 5.41) is 3.28. The van der Waals surface area contributed by atoms with Gasteiger partial charge in [0.25, 0.3) is 5.91 Å². The zero-order valence-corrected chi connectivity index (χ0v) is 13.5. The number of aryl methyl sites for hydroxylation is 2. The van der Waals surface area contributed by atoms with Crippen LogP contribution >= 0.6 is 27.5 Å². The Bertz CT molecular complexity index is 686. The van der Waals surface area contributed by atoms with Gasteiger partial charge in [-0.05, 0) is 55.3 Å². The molecule has 0 aliphatic rings. The van der Waals surface area contributed by atoms with Crippen molar-refractivity contribution in [3.8, 4) is 0 Å². The van der Waals surface area contributed by atoms with Gasteiger partial charge in [-0.25, -0.2) is 0 Å². The fourth-order valence-corrected chi connectivity index (χ4v) is 2.23. The smallest absolute Gasteiger partial charge is 0.255 e. The van der Waals surface area contributed by atoms with Crippen molar-refractivity contribution >= 4 is 44.8 Å². The standard InChI is InChI=1S/C15H14BrClN2O/c1-8-5-10(3-4-11(8)16)15(20)19-14-7-12(17)13(18)6-9(14)2/h3-7H,18H2,1-2H3,(H,19,20). The van der Waals surface area contributed by atoms with Crippen LogP contribution in [0.15, 0.2) is 34.8 Å². The highest BCUT2D eigenvalue weighted by Gasteiger charge is 2.10. The SMILES string of the molecule is Cc1cc(C(=O)Nc2cc(Cl)c(N)cc2C)ccc1Br. The summed E-state index contributed by atoms with van der Waals surface area (Å²) in [6.45, 7) is 3.81. The van der Waals surface area contributed by atoms with E-state index in [1.807, 2.05) is 26.0 Å². The van der Waals surface area contributed by atoms with Crippen molar-refractivity contribution in [2.75, 3.05) is 11.1 Å². The first-order valence-corrected chi connectivity index (χ1v) is 7.18. The molecule has 5 heteroatoms. The second-order valence-corrected chi connectivity index (χ2v) is 5.87. The van der Waals surface area contributed by atoms with Crippen LogP contribution in [0.2, 0.25) is 5.02 Å². The molecule has 0 spiro atoms. The average Bonchev–Trinajstić information content (AvgIpc) is 2.39. The van der Waals surface area contributed by atoms with E-state index >= 15 is 0 Å². The molecule has 0 aromatic heterocycles. The van der Waals surface area contributed by atoms with Gasteiger partial charge in [-0.15, -0.1) is 0 Å². The van der Waals surface area contributed by atoms with Gasteiger partial charge in [0.05, 0.1) is 10.7 Å². The lowest BCUT2D eigenvalue weighted by Gasteiger charge is -2.11. The van der Waals surface area contributed by atoms with Crippen molar-refractivity contribution < 1.29 is 4.79 Å². The lowest BCUT2D eigenvalue weighted by Crippen LogP contribution is -2.13. The molecule has 2 rings (SSSR count). The number of carbonyl (C=O) groups excluding carboxylic acids is 1. The van der Waals surface area contributed by atoms with E-state index < -0.39 is 0 Å². The molecule has 0 bridgehead atoms. The molecule has 20 heavy (non-hydrogen) atoms. The maximum Gasteiger partial charge on any atom is 0.255 e. The van der Waals surface area contributed by atoms with E-state index in [0.717, 1.165) is 15.6 Å². The lowest BCUT2D eigenvalue weighted by atomic mass is 10.1. The summed E-state index contributed by atoms with van der Waals surface area (Å²) in [7, 11) is 0. The minimum atomic E-state index is -0.176. The molecule has 2 aromatic carbocycles. The van der Waals surface area contributed by atoms with Crippen LogP contribution in [0.1, 0.15) is 21.5 Å². The fraction of sp³-hybridized carbons (Fsp3) is 0.133. The van der Waals surface area contributed by atoms with E-state index in [2.05, 4.69) is 21.2 Å². The Kier molecular flexibility index (Phi) is 4.35. The van der Waals surface area contributed by atoms with Crippen LogP contribution in [0.25, 0.3) is 0 Å². The molecule has 0 fully saturated rings. The number of hydrogen-bond donors (Lipinski definition) is 2. The summed E-state index contributed by atoms with van der Waals surface area (Å²) in [6, 6.07) is 8.85. The molecule has 0 atom stereocenters. The Labute approximate surface area is 131 Å². The molecule has 0 aliphatic heterocycles. The first-order valence-electron chi connectivity index (χ1n) is 6.01. The highest BCUT2D eigenvalue weighted by Crippen LogP contribution is 2.27. The van der Waals surface area contributed by atoms with Crippen LogP contribution in [0.5, 0.6) is 0 Å². The van der Waals surface area contributed by atoms with Crippen molar-refractivity contribution in [3.63, 3.8) is 0 Å². The summed E-state index contributed by atoms with van der Waals surface area (Å²) < 4.78 is 0.973. The average molecular weight is 354 g/mol. The summed E-state index contributed by atoms with van der Waals surface area (Å²) in [4.78, 5) is 12.2. The quantitative estimate of drug-likeness (QED) is 0.778. The maximum absolute atomic E-state index is 12.2. The Morgan fingerprint density at radius 3 is 2.55 bits per heavy atom. The van der Waals surface area contributed by atoms with Crippen LogP contribution in [0.4, 0.5) is 11.4 Å². The minimum absolute atomic E-state index is 0.176. The Hall–Kier alpha value is -1.52. The third-order valence-corrected chi connectivity index (χ3v) is 4.23. The third-order valence-electron chi connectivity index (χ3n) is 3.01. The van der Waals surface area contributed by atoms with E-state index in [0.29, 0.717) is 22.0 Å². The van der Waals surface area contributed by atoms with Crippen LogP contribution in [-0.2, 0) is 0 Å². The summed E-state index contributed by atoms with van der Waals surface area (Å²) in [6.07, 6.45) is 0. The molecule has 0 unspecified atom stereocenters. The van der Waals surface area contributed by atoms with Gasteiger partial charge >= 0.3 is 0 Å². The van der Waals surface area contributed by atoms with Gasteiger partial charge < -0.3 is 11.1 Å². The summed E-state index contributed by atoms with van der Waals surface area (Å²) in [5.41, 5.74) is 9.35. The molecule has 1 amide bonds. The number of halogens is 2. The first kappa shape index (κ1) is 14.9. The van der Waals surface area contributed by atoms with Crippen LogP contribution in [-0.4, -0.2) is 5.91 Å². The van der Waals surface area contributed by atoms with Gasteiger partial charge in [-0.3, -0.25) is 4.79 Å². The van der Waals surface area contributed by atoms with Crippen LogP contribution in [0.3, 0.4) is 0 Å². The molecule has 3 N–H and O–H groups in total. The maximum atomic E-state index is 12.2. The lowest BCUT2D eigenvalue weighted by molar-refractivity contribution is 0.102. The Balaban J connectivity index is 2.27. The normalized spacial score (nSPS) is 10.4. The molecule has 0 aliphatic carbocycles. The van der Waals surface area contributed by atoms with E-state index in [-0.39, 0.29) is 5.91 Å².